The molecule has 0 aromatic carbocycles. The Morgan fingerprint density at radius 3 is 2.61 bits per heavy atom. The monoisotopic (exact) mass is 260 g/mol. The van der Waals surface area contributed by atoms with Gasteiger partial charge in [0.15, 0.2) is 0 Å². The van der Waals surface area contributed by atoms with Gasteiger partial charge in [-0.15, -0.1) is 11.3 Å². The van der Waals surface area contributed by atoms with Crippen LogP contribution in [0.4, 0.5) is 0 Å². The first-order chi connectivity index (χ1) is 8.63. The van der Waals surface area contributed by atoms with Crippen molar-refractivity contribution in [1.82, 2.24) is 9.97 Å². The number of thiazole rings is 1. The smallest absolute Gasteiger partial charge is 0.124 e. The summed E-state index contributed by atoms with van der Waals surface area (Å²) in [6, 6.07) is 4.12. The van der Waals surface area contributed by atoms with Gasteiger partial charge in [0.25, 0.3) is 0 Å². The Morgan fingerprint density at radius 1 is 1.22 bits per heavy atom. The van der Waals surface area contributed by atoms with E-state index >= 15 is 0 Å². The summed E-state index contributed by atoms with van der Waals surface area (Å²) in [5.41, 5.74) is 4.23. The van der Waals surface area contributed by atoms with E-state index in [1.807, 2.05) is 13.8 Å². The summed E-state index contributed by atoms with van der Waals surface area (Å²) in [7, 11) is 0. The van der Waals surface area contributed by atoms with Gasteiger partial charge < -0.3 is 5.11 Å². The minimum Gasteiger partial charge on any atom is -0.388 e. The number of aliphatic hydroxyl groups is 1. The van der Waals surface area contributed by atoms with E-state index in [0.29, 0.717) is 0 Å². The van der Waals surface area contributed by atoms with Crippen molar-refractivity contribution in [3.8, 4) is 10.6 Å². The number of rotatable bonds is 1. The minimum atomic E-state index is -0.316. The largest absolute Gasteiger partial charge is 0.388 e. The summed E-state index contributed by atoms with van der Waals surface area (Å²) < 4.78 is 0. The van der Waals surface area contributed by atoms with Crippen LogP contribution in [0.1, 0.15) is 40.9 Å². The highest BCUT2D eigenvalue weighted by Crippen LogP contribution is 2.37. The number of fused-ring (bicyclic) bond motifs is 1. The number of hydrogen-bond donors (Lipinski definition) is 1. The molecule has 0 aliphatic heterocycles. The van der Waals surface area contributed by atoms with E-state index in [4.69, 9.17) is 0 Å². The summed E-state index contributed by atoms with van der Waals surface area (Å²) in [6.07, 6.45) is 2.57. The summed E-state index contributed by atoms with van der Waals surface area (Å²) >= 11 is 1.63. The lowest BCUT2D eigenvalue weighted by Crippen LogP contribution is -2.06. The van der Waals surface area contributed by atoms with E-state index < -0.39 is 0 Å². The van der Waals surface area contributed by atoms with Gasteiger partial charge in [-0.3, -0.25) is 4.98 Å². The molecule has 1 unspecified atom stereocenters. The van der Waals surface area contributed by atoms with Crippen molar-refractivity contribution in [3.05, 3.63) is 34.1 Å². The Balaban J connectivity index is 2.07. The van der Waals surface area contributed by atoms with Crippen molar-refractivity contribution in [2.45, 2.75) is 39.2 Å². The molecule has 0 saturated carbocycles. The minimum absolute atomic E-state index is 0.316. The molecule has 0 spiro atoms. The molecule has 1 aliphatic rings. The normalized spacial score (nSPS) is 18.7. The van der Waals surface area contributed by atoms with E-state index in [-0.39, 0.29) is 6.10 Å². The molecule has 0 fully saturated rings. The second kappa shape index (κ2) is 4.44. The Labute approximate surface area is 111 Å². The van der Waals surface area contributed by atoms with Gasteiger partial charge in [-0.25, -0.2) is 4.98 Å². The van der Waals surface area contributed by atoms with Crippen LogP contribution >= 0.6 is 11.3 Å². The Morgan fingerprint density at radius 2 is 1.94 bits per heavy atom. The van der Waals surface area contributed by atoms with Gasteiger partial charge >= 0.3 is 0 Å². The van der Waals surface area contributed by atoms with Gasteiger partial charge in [0, 0.05) is 17.0 Å². The summed E-state index contributed by atoms with van der Waals surface area (Å²) in [5, 5.41) is 11.0. The van der Waals surface area contributed by atoms with Crippen molar-refractivity contribution >= 4 is 11.3 Å². The van der Waals surface area contributed by atoms with Crippen LogP contribution in [0.5, 0.6) is 0 Å². The van der Waals surface area contributed by atoms with Crippen molar-refractivity contribution in [1.29, 1.82) is 0 Å². The molecule has 1 N–H and O–H groups in total. The molecule has 18 heavy (non-hydrogen) atoms. The number of nitrogens with zero attached hydrogens (tertiary/aromatic N) is 2. The molecule has 94 valence electrons. The molecule has 0 saturated heterocycles. The first kappa shape index (κ1) is 11.8. The lowest BCUT2D eigenvalue weighted by atomic mass is 10.0. The molecule has 1 aliphatic carbocycles. The fourth-order valence-corrected chi connectivity index (χ4v) is 3.60. The molecule has 0 bridgehead atoms. The van der Waals surface area contributed by atoms with Crippen molar-refractivity contribution < 1.29 is 5.11 Å². The number of hydrogen-bond acceptors (Lipinski definition) is 4. The van der Waals surface area contributed by atoms with E-state index in [1.54, 1.807) is 11.3 Å². The van der Waals surface area contributed by atoms with Crippen LogP contribution in [0.2, 0.25) is 0 Å². The molecule has 1 atom stereocenters. The maximum atomic E-state index is 9.99. The fourth-order valence-electron chi connectivity index (χ4n) is 2.48. The molecule has 0 amide bonds. The lowest BCUT2D eigenvalue weighted by molar-refractivity contribution is 0.160. The fraction of sp³-hybridized carbons (Fsp3) is 0.429. The van der Waals surface area contributed by atoms with E-state index in [1.165, 1.54) is 0 Å². The molecular formula is C14H16N2OS. The predicted octanol–water partition coefficient (Wildman–Crippen LogP) is 3.19. The number of pyridine rings is 1. The summed E-state index contributed by atoms with van der Waals surface area (Å²) in [5.74, 6) is 0. The zero-order valence-electron chi connectivity index (χ0n) is 10.6. The van der Waals surface area contributed by atoms with Crippen LogP contribution in [0.3, 0.4) is 0 Å². The highest BCUT2D eigenvalue weighted by atomic mass is 32.1. The Kier molecular flexibility index (Phi) is 2.92. The highest BCUT2D eigenvalue weighted by Gasteiger charge is 2.23. The van der Waals surface area contributed by atoms with Crippen LogP contribution in [0.15, 0.2) is 12.1 Å². The third kappa shape index (κ3) is 2.06. The second-order valence-corrected chi connectivity index (χ2v) is 5.91. The summed E-state index contributed by atoms with van der Waals surface area (Å²) in [6.45, 7) is 4.00. The second-order valence-electron chi connectivity index (χ2n) is 4.88. The lowest BCUT2D eigenvalue weighted by Gasteiger charge is -2.14. The van der Waals surface area contributed by atoms with Crippen LogP contribution < -0.4 is 0 Å². The quantitative estimate of drug-likeness (QED) is 0.856. The van der Waals surface area contributed by atoms with Crippen molar-refractivity contribution in [3.63, 3.8) is 0 Å². The SMILES string of the molecule is Cc1cc(-c2nc3c(s2)C(O)CCC3)cc(C)n1. The number of aromatic nitrogens is 2. The van der Waals surface area contributed by atoms with Gasteiger partial charge in [-0.2, -0.15) is 0 Å². The molecule has 4 heteroatoms. The van der Waals surface area contributed by atoms with Crippen molar-refractivity contribution in [2.24, 2.45) is 0 Å². The standard InChI is InChI=1S/C14H16N2OS/c1-8-6-10(7-9(2)15-8)14-16-11-4-3-5-12(17)13(11)18-14/h6-7,12,17H,3-5H2,1-2H3. The molecule has 2 aromatic rings. The summed E-state index contributed by atoms with van der Waals surface area (Å²) in [4.78, 5) is 10.1. The Bertz CT molecular complexity index is 571. The molecule has 2 aromatic heterocycles. The van der Waals surface area contributed by atoms with Crippen LogP contribution in [0.25, 0.3) is 10.6 Å². The number of aryl methyl sites for hydroxylation is 3. The van der Waals surface area contributed by atoms with Crippen LogP contribution in [-0.2, 0) is 6.42 Å². The van der Waals surface area contributed by atoms with E-state index in [2.05, 4.69) is 22.1 Å². The van der Waals surface area contributed by atoms with Gasteiger partial charge in [0.2, 0.25) is 0 Å². The topological polar surface area (TPSA) is 46.0 Å². The average Bonchev–Trinajstić information content (AvgIpc) is 2.73. The number of aliphatic hydroxyl groups excluding tert-OH is 1. The van der Waals surface area contributed by atoms with E-state index in [9.17, 15) is 5.11 Å². The maximum Gasteiger partial charge on any atom is 0.124 e. The van der Waals surface area contributed by atoms with Gasteiger partial charge in [0.05, 0.1) is 16.7 Å². The van der Waals surface area contributed by atoms with Gasteiger partial charge in [-0.05, 0) is 45.2 Å². The third-order valence-electron chi connectivity index (χ3n) is 3.25. The third-order valence-corrected chi connectivity index (χ3v) is 4.50. The first-order valence-electron chi connectivity index (χ1n) is 6.27. The first-order valence-corrected chi connectivity index (χ1v) is 7.08. The van der Waals surface area contributed by atoms with Crippen molar-refractivity contribution in [2.75, 3.05) is 0 Å². The molecule has 2 heterocycles. The molecular weight excluding hydrogens is 244 g/mol. The highest BCUT2D eigenvalue weighted by molar-refractivity contribution is 7.15. The zero-order valence-corrected chi connectivity index (χ0v) is 11.4. The van der Waals surface area contributed by atoms with Gasteiger partial charge in [-0.1, -0.05) is 0 Å². The molecule has 3 nitrogen and oxygen atoms in total. The predicted molar refractivity (Wildman–Crippen MR) is 72.7 cm³/mol. The molecule has 3 rings (SSSR count). The Hall–Kier alpha value is -1.26. The average molecular weight is 260 g/mol. The van der Waals surface area contributed by atoms with Crippen LogP contribution in [-0.4, -0.2) is 15.1 Å². The van der Waals surface area contributed by atoms with Gasteiger partial charge in [0.1, 0.15) is 5.01 Å². The molecule has 0 radical (unpaired) electrons. The van der Waals surface area contributed by atoms with E-state index in [0.717, 1.165) is 51.8 Å². The van der Waals surface area contributed by atoms with Crippen LogP contribution in [0, 0.1) is 13.8 Å². The zero-order chi connectivity index (χ0) is 12.7. The maximum absolute atomic E-state index is 9.99.